The number of imidazole rings is 1. The van der Waals surface area contributed by atoms with Gasteiger partial charge in [0.2, 0.25) is 0 Å². The van der Waals surface area contributed by atoms with Gasteiger partial charge < -0.3 is 14.8 Å². The number of aromatic nitrogens is 2. The second kappa shape index (κ2) is 4.51. The molecule has 0 fully saturated rings. The zero-order valence-corrected chi connectivity index (χ0v) is 10.3. The molecule has 2 heterocycles. The van der Waals surface area contributed by atoms with E-state index in [1.807, 2.05) is 0 Å². The van der Waals surface area contributed by atoms with E-state index in [0.717, 1.165) is 18.5 Å². The fourth-order valence-electron chi connectivity index (χ4n) is 2.57. The predicted molar refractivity (Wildman–Crippen MR) is 68.8 cm³/mol. The Morgan fingerprint density at radius 1 is 1.37 bits per heavy atom. The number of hydrogen-bond donors (Lipinski definition) is 2. The third-order valence-corrected chi connectivity index (χ3v) is 3.47. The predicted octanol–water partition coefficient (Wildman–Crippen LogP) is 2.08. The molecule has 0 bridgehead atoms. The van der Waals surface area contributed by atoms with E-state index in [0.29, 0.717) is 17.8 Å². The van der Waals surface area contributed by atoms with Gasteiger partial charge in [0, 0.05) is 17.5 Å². The first-order valence-corrected chi connectivity index (χ1v) is 6.25. The lowest BCUT2D eigenvalue weighted by atomic mass is 10.1. The van der Waals surface area contributed by atoms with Gasteiger partial charge in [-0.25, -0.2) is 9.78 Å². The number of nitrogens with zero attached hydrogens (tertiary/aromatic N) is 2. The van der Waals surface area contributed by atoms with E-state index in [-0.39, 0.29) is 5.56 Å². The molecule has 98 valence electrons. The fraction of sp³-hybridized carbons (Fsp3) is 0.286. The molecule has 0 saturated carbocycles. The van der Waals surface area contributed by atoms with Gasteiger partial charge in [-0.15, -0.1) is 0 Å². The van der Waals surface area contributed by atoms with Gasteiger partial charge in [-0.05, 0) is 25.3 Å². The molecule has 1 aliphatic heterocycles. The largest absolute Gasteiger partial charge is 0.478 e. The van der Waals surface area contributed by atoms with Crippen LogP contribution in [0.2, 0.25) is 0 Å². The first-order chi connectivity index (χ1) is 9.18. The van der Waals surface area contributed by atoms with Gasteiger partial charge in [0.1, 0.15) is 12.1 Å². The van der Waals surface area contributed by atoms with Gasteiger partial charge in [0.15, 0.2) is 0 Å². The standard InChI is InChI=1S/C14H14N2O3/c17-12-7-3-4-9-8-15-13(16(9)12)10-5-1-2-6-11(10)14(18)19/h1-2,5-6,8,12,17H,3-4,7H2,(H,18,19). The molecule has 0 radical (unpaired) electrons. The Balaban J connectivity index is 2.18. The van der Waals surface area contributed by atoms with Crippen LogP contribution in [0.5, 0.6) is 0 Å². The van der Waals surface area contributed by atoms with Crippen LogP contribution < -0.4 is 0 Å². The zero-order valence-electron chi connectivity index (χ0n) is 10.3. The summed E-state index contributed by atoms with van der Waals surface area (Å²) in [6.07, 6.45) is 3.55. The average Bonchev–Trinajstić information content (AvgIpc) is 2.84. The van der Waals surface area contributed by atoms with Crippen LogP contribution in [0.25, 0.3) is 11.4 Å². The molecule has 1 unspecified atom stereocenters. The van der Waals surface area contributed by atoms with Crippen LogP contribution in [0, 0.1) is 0 Å². The summed E-state index contributed by atoms with van der Waals surface area (Å²) in [5.41, 5.74) is 1.70. The SMILES string of the molecule is O=C(O)c1ccccc1-c1ncc2n1C(O)CCC2. The molecular weight excluding hydrogens is 244 g/mol. The normalized spacial score (nSPS) is 18.1. The molecule has 2 N–H and O–H groups in total. The van der Waals surface area contributed by atoms with Gasteiger partial charge in [-0.3, -0.25) is 0 Å². The van der Waals surface area contributed by atoms with Crippen LogP contribution >= 0.6 is 0 Å². The van der Waals surface area contributed by atoms with Crippen molar-refractivity contribution in [2.75, 3.05) is 0 Å². The first-order valence-electron chi connectivity index (χ1n) is 6.25. The van der Waals surface area contributed by atoms with E-state index in [9.17, 15) is 15.0 Å². The molecule has 0 spiro atoms. The molecular formula is C14H14N2O3. The van der Waals surface area contributed by atoms with Crippen molar-refractivity contribution < 1.29 is 15.0 Å². The summed E-state index contributed by atoms with van der Waals surface area (Å²) in [6, 6.07) is 6.73. The van der Waals surface area contributed by atoms with Gasteiger partial charge in [-0.1, -0.05) is 18.2 Å². The maximum Gasteiger partial charge on any atom is 0.336 e. The van der Waals surface area contributed by atoms with Crippen molar-refractivity contribution in [1.29, 1.82) is 0 Å². The van der Waals surface area contributed by atoms with Crippen LogP contribution in [0.4, 0.5) is 0 Å². The molecule has 0 amide bonds. The van der Waals surface area contributed by atoms with Crippen LogP contribution in [0.3, 0.4) is 0 Å². The molecule has 2 aromatic rings. The van der Waals surface area contributed by atoms with E-state index in [2.05, 4.69) is 4.98 Å². The lowest BCUT2D eigenvalue weighted by molar-refractivity contribution is 0.0695. The number of hydrogen-bond acceptors (Lipinski definition) is 3. The number of fused-ring (bicyclic) bond motifs is 1. The van der Waals surface area contributed by atoms with Crippen molar-refractivity contribution in [3.63, 3.8) is 0 Å². The highest BCUT2D eigenvalue weighted by molar-refractivity contribution is 5.95. The number of aromatic carboxylic acids is 1. The number of aliphatic hydroxyl groups is 1. The Morgan fingerprint density at radius 3 is 2.95 bits per heavy atom. The maximum absolute atomic E-state index is 11.3. The molecule has 1 atom stereocenters. The highest BCUT2D eigenvalue weighted by Gasteiger charge is 2.24. The minimum absolute atomic E-state index is 0.202. The number of carboxylic acids is 1. The minimum atomic E-state index is -0.988. The summed E-state index contributed by atoms with van der Waals surface area (Å²) >= 11 is 0. The summed E-state index contributed by atoms with van der Waals surface area (Å²) < 4.78 is 1.74. The van der Waals surface area contributed by atoms with E-state index >= 15 is 0 Å². The van der Waals surface area contributed by atoms with Crippen LogP contribution in [0.1, 0.15) is 35.1 Å². The Hall–Kier alpha value is -2.14. The zero-order chi connectivity index (χ0) is 13.4. The molecule has 5 nitrogen and oxygen atoms in total. The third-order valence-electron chi connectivity index (χ3n) is 3.47. The van der Waals surface area contributed by atoms with Gasteiger partial charge in [0.05, 0.1) is 5.56 Å². The Bertz CT molecular complexity index is 633. The summed E-state index contributed by atoms with van der Waals surface area (Å²) in [7, 11) is 0. The van der Waals surface area contributed by atoms with E-state index < -0.39 is 12.2 Å². The summed E-state index contributed by atoms with van der Waals surface area (Å²) in [5.74, 6) is -0.460. The highest BCUT2D eigenvalue weighted by Crippen LogP contribution is 2.31. The Morgan fingerprint density at radius 2 is 2.16 bits per heavy atom. The molecule has 0 saturated heterocycles. The van der Waals surface area contributed by atoms with Crippen molar-refractivity contribution in [3.8, 4) is 11.4 Å². The molecule has 1 aliphatic rings. The van der Waals surface area contributed by atoms with Crippen LogP contribution in [-0.4, -0.2) is 25.7 Å². The van der Waals surface area contributed by atoms with Crippen molar-refractivity contribution >= 4 is 5.97 Å². The second-order valence-corrected chi connectivity index (χ2v) is 4.67. The Kier molecular flexibility index (Phi) is 2.83. The van der Waals surface area contributed by atoms with E-state index in [4.69, 9.17) is 0 Å². The van der Waals surface area contributed by atoms with Gasteiger partial charge in [0.25, 0.3) is 0 Å². The first kappa shape index (κ1) is 11.9. The molecule has 1 aromatic heterocycles. The fourth-order valence-corrected chi connectivity index (χ4v) is 2.57. The summed E-state index contributed by atoms with van der Waals surface area (Å²) in [4.78, 5) is 15.6. The number of carboxylic acid groups (broad SMARTS) is 1. The van der Waals surface area contributed by atoms with Gasteiger partial charge >= 0.3 is 5.97 Å². The molecule has 5 heteroatoms. The highest BCUT2D eigenvalue weighted by atomic mass is 16.4. The third kappa shape index (κ3) is 1.92. The van der Waals surface area contributed by atoms with Crippen LogP contribution in [0.15, 0.2) is 30.5 Å². The molecule has 0 aliphatic carbocycles. The van der Waals surface area contributed by atoms with E-state index in [1.54, 1.807) is 35.0 Å². The van der Waals surface area contributed by atoms with Crippen molar-refractivity contribution in [3.05, 3.63) is 41.7 Å². The summed E-state index contributed by atoms with van der Waals surface area (Å²) in [5, 5.41) is 19.3. The number of carbonyl (C=O) groups is 1. The quantitative estimate of drug-likeness (QED) is 0.864. The number of aliphatic hydroxyl groups excluding tert-OH is 1. The van der Waals surface area contributed by atoms with Crippen molar-refractivity contribution in [1.82, 2.24) is 9.55 Å². The number of benzene rings is 1. The minimum Gasteiger partial charge on any atom is -0.478 e. The van der Waals surface area contributed by atoms with Crippen molar-refractivity contribution in [2.24, 2.45) is 0 Å². The maximum atomic E-state index is 11.3. The topological polar surface area (TPSA) is 75.3 Å². The molecule has 3 rings (SSSR count). The lowest BCUT2D eigenvalue weighted by Gasteiger charge is -2.23. The smallest absolute Gasteiger partial charge is 0.336 e. The number of aryl methyl sites for hydroxylation is 1. The average molecular weight is 258 g/mol. The molecule has 1 aromatic carbocycles. The summed E-state index contributed by atoms with van der Waals surface area (Å²) in [6.45, 7) is 0. The van der Waals surface area contributed by atoms with Crippen LogP contribution in [-0.2, 0) is 6.42 Å². The number of rotatable bonds is 2. The van der Waals surface area contributed by atoms with E-state index in [1.165, 1.54) is 0 Å². The second-order valence-electron chi connectivity index (χ2n) is 4.67. The molecule has 19 heavy (non-hydrogen) atoms. The Labute approximate surface area is 110 Å². The lowest BCUT2D eigenvalue weighted by Crippen LogP contribution is -2.18. The monoisotopic (exact) mass is 258 g/mol. The van der Waals surface area contributed by atoms with Crippen molar-refractivity contribution in [2.45, 2.75) is 25.5 Å². The van der Waals surface area contributed by atoms with Gasteiger partial charge in [-0.2, -0.15) is 0 Å².